The number of anilines is 1. The summed E-state index contributed by atoms with van der Waals surface area (Å²) in [5.41, 5.74) is 4.91. The number of carbonyl (C=O) groups excluding carboxylic acids is 1. The summed E-state index contributed by atoms with van der Waals surface area (Å²) in [5, 5.41) is 15.9. The van der Waals surface area contributed by atoms with Gasteiger partial charge in [0.25, 0.3) is 5.91 Å². The lowest BCUT2D eigenvalue weighted by Crippen LogP contribution is -2.34. The van der Waals surface area contributed by atoms with Crippen molar-refractivity contribution in [2.75, 3.05) is 5.32 Å². The molecule has 1 atom stereocenters. The highest BCUT2D eigenvalue weighted by Gasteiger charge is 2.27. The van der Waals surface area contributed by atoms with Crippen LogP contribution in [0.4, 0.5) is 5.82 Å². The van der Waals surface area contributed by atoms with Gasteiger partial charge in [0.05, 0.1) is 0 Å². The second-order valence-corrected chi connectivity index (χ2v) is 8.17. The molecule has 0 fully saturated rings. The zero-order valence-electron chi connectivity index (χ0n) is 17.5. The van der Waals surface area contributed by atoms with Crippen LogP contribution in [-0.2, 0) is 13.5 Å². The Morgan fingerprint density at radius 2 is 2.03 bits per heavy atom. The number of hydrogen-bond acceptors (Lipinski definition) is 4. The number of thiocarbonyl (C=S) groups is 1. The second-order valence-electron chi connectivity index (χ2n) is 7.76. The van der Waals surface area contributed by atoms with E-state index in [1.165, 1.54) is 0 Å². The van der Waals surface area contributed by atoms with Crippen molar-refractivity contribution in [1.29, 1.82) is 5.26 Å². The molecule has 156 valence electrons. The number of pyridine rings is 1. The van der Waals surface area contributed by atoms with Crippen LogP contribution in [0.1, 0.15) is 52.9 Å². The fourth-order valence-corrected chi connectivity index (χ4v) is 4.32. The van der Waals surface area contributed by atoms with Crippen molar-refractivity contribution >= 4 is 29.1 Å². The highest BCUT2D eigenvalue weighted by Crippen LogP contribution is 2.40. The summed E-state index contributed by atoms with van der Waals surface area (Å²) in [7, 11) is 1.97. The van der Waals surface area contributed by atoms with E-state index < -0.39 is 0 Å². The Morgan fingerprint density at radius 1 is 1.26 bits per heavy atom. The standard InChI is InChI=1S/C24H23N5OS/c1-15-8-6-11-17-20(19-12-7-13-29(19)2)18(14-25)22(26-21(15)17)27-24(31)28-23(30)16-9-4-3-5-10-16/h3-5,7,9-10,12-13,15H,6,8,11H2,1-2H3,(H2,26,27,28,30,31). The number of amides is 1. The molecule has 0 saturated carbocycles. The van der Waals surface area contributed by atoms with Gasteiger partial charge in [0, 0.05) is 35.8 Å². The van der Waals surface area contributed by atoms with Gasteiger partial charge in [0.1, 0.15) is 11.6 Å². The Kier molecular flexibility index (Phi) is 5.83. The van der Waals surface area contributed by atoms with E-state index in [1.54, 1.807) is 24.3 Å². The van der Waals surface area contributed by atoms with Crippen molar-refractivity contribution in [3.05, 3.63) is 71.0 Å². The molecule has 4 rings (SSSR count). The Hall–Kier alpha value is -3.50. The zero-order chi connectivity index (χ0) is 22.0. The molecule has 1 aliphatic carbocycles. The second kappa shape index (κ2) is 8.70. The number of hydrogen-bond donors (Lipinski definition) is 2. The monoisotopic (exact) mass is 429 g/mol. The molecule has 31 heavy (non-hydrogen) atoms. The Morgan fingerprint density at radius 3 is 2.71 bits per heavy atom. The maximum Gasteiger partial charge on any atom is 0.257 e. The largest absolute Gasteiger partial charge is 0.351 e. The summed E-state index contributed by atoms with van der Waals surface area (Å²) >= 11 is 5.38. The first-order valence-electron chi connectivity index (χ1n) is 10.3. The van der Waals surface area contributed by atoms with Gasteiger partial charge in [-0.2, -0.15) is 5.26 Å². The molecule has 2 aromatic heterocycles. The molecule has 1 aliphatic rings. The number of fused-ring (bicyclic) bond motifs is 1. The smallest absolute Gasteiger partial charge is 0.257 e. The Bertz CT molecular complexity index is 1190. The normalized spacial score (nSPS) is 14.9. The van der Waals surface area contributed by atoms with Gasteiger partial charge in [0.2, 0.25) is 0 Å². The van der Waals surface area contributed by atoms with Crippen LogP contribution in [0.5, 0.6) is 0 Å². The molecule has 0 radical (unpaired) electrons. The number of nitrogens with zero attached hydrogens (tertiary/aromatic N) is 3. The van der Waals surface area contributed by atoms with Crippen LogP contribution in [0.25, 0.3) is 11.3 Å². The highest BCUT2D eigenvalue weighted by atomic mass is 32.1. The first-order valence-corrected chi connectivity index (χ1v) is 10.7. The predicted molar refractivity (Wildman–Crippen MR) is 125 cm³/mol. The Balaban J connectivity index is 1.73. The van der Waals surface area contributed by atoms with Crippen LogP contribution in [0, 0.1) is 11.3 Å². The third kappa shape index (κ3) is 4.07. The summed E-state index contributed by atoms with van der Waals surface area (Å²) in [4.78, 5) is 17.3. The van der Waals surface area contributed by atoms with Gasteiger partial charge >= 0.3 is 0 Å². The summed E-state index contributed by atoms with van der Waals surface area (Å²) in [6.45, 7) is 2.16. The van der Waals surface area contributed by atoms with Gasteiger partial charge in [-0.05, 0) is 67.2 Å². The number of nitrogens with one attached hydrogen (secondary N) is 2. The van der Waals surface area contributed by atoms with E-state index in [1.807, 2.05) is 36.0 Å². The molecule has 6 nitrogen and oxygen atoms in total. The third-order valence-electron chi connectivity index (χ3n) is 5.67. The highest BCUT2D eigenvalue weighted by molar-refractivity contribution is 7.80. The van der Waals surface area contributed by atoms with E-state index in [9.17, 15) is 10.1 Å². The lowest BCUT2D eigenvalue weighted by Gasteiger charge is -2.26. The quantitative estimate of drug-likeness (QED) is 0.598. The topological polar surface area (TPSA) is 82.7 Å². The molecule has 1 amide bonds. The van der Waals surface area contributed by atoms with Crippen molar-refractivity contribution < 1.29 is 4.79 Å². The van der Waals surface area contributed by atoms with E-state index in [0.29, 0.717) is 16.9 Å². The molecule has 0 spiro atoms. The van der Waals surface area contributed by atoms with Crippen molar-refractivity contribution in [3.63, 3.8) is 0 Å². The number of carbonyl (C=O) groups is 1. The SMILES string of the molecule is CC1CCCc2c1nc(NC(=S)NC(=O)c1ccccc1)c(C#N)c2-c1cccn1C. The van der Waals surface area contributed by atoms with Gasteiger partial charge in [-0.15, -0.1) is 0 Å². The minimum atomic E-state index is -0.314. The van der Waals surface area contributed by atoms with Crippen LogP contribution < -0.4 is 10.6 Å². The van der Waals surface area contributed by atoms with Gasteiger partial charge in [-0.1, -0.05) is 25.1 Å². The first kappa shape index (κ1) is 20.8. The summed E-state index contributed by atoms with van der Waals surface area (Å²) in [5.74, 6) is 0.346. The van der Waals surface area contributed by atoms with Crippen LogP contribution in [-0.4, -0.2) is 20.6 Å². The molecule has 3 aromatic rings. The minimum absolute atomic E-state index is 0.110. The number of nitriles is 1. The molecule has 0 saturated heterocycles. The lowest BCUT2D eigenvalue weighted by molar-refractivity contribution is 0.0977. The average molecular weight is 430 g/mol. The zero-order valence-corrected chi connectivity index (χ0v) is 18.3. The molecular weight excluding hydrogens is 406 g/mol. The molecule has 1 unspecified atom stereocenters. The van der Waals surface area contributed by atoms with Crippen LogP contribution in [0.2, 0.25) is 0 Å². The third-order valence-corrected chi connectivity index (χ3v) is 5.87. The van der Waals surface area contributed by atoms with E-state index in [0.717, 1.165) is 41.8 Å². The summed E-state index contributed by atoms with van der Waals surface area (Å²) in [6.07, 6.45) is 4.97. The maximum atomic E-state index is 12.5. The van der Waals surface area contributed by atoms with Crippen LogP contribution in [0.15, 0.2) is 48.7 Å². The average Bonchev–Trinajstić information content (AvgIpc) is 3.19. The number of benzene rings is 1. The summed E-state index contributed by atoms with van der Waals surface area (Å²) in [6, 6.07) is 15.1. The van der Waals surface area contributed by atoms with Crippen LogP contribution >= 0.6 is 12.2 Å². The number of aromatic nitrogens is 2. The summed E-state index contributed by atoms with van der Waals surface area (Å²) < 4.78 is 2.01. The maximum absolute atomic E-state index is 12.5. The van der Waals surface area contributed by atoms with Crippen molar-refractivity contribution in [2.45, 2.75) is 32.1 Å². The van der Waals surface area contributed by atoms with Gasteiger partial charge in [-0.25, -0.2) is 4.98 Å². The molecule has 1 aromatic carbocycles. The molecule has 0 aliphatic heterocycles. The van der Waals surface area contributed by atoms with Crippen LogP contribution in [0.3, 0.4) is 0 Å². The fraction of sp³-hybridized carbons (Fsp3) is 0.250. The van der Waals surface area contributed by atoms with Crippen molar-refractivity contribution in [3.8, 4) is 17.3 Å². The van der Waals surface area contributed by atoms with Crippen molar-refractivity contribution in [1.82, 2.24) is 14.9 Å². The van der Waals surface area contributed by atoms with Crippen molar-refractivity contribution in [2.24, 2.45) is 7.05 Å². The number of rotatable bonds is 3. The molecule has 2 heterocycles. The molecule has 0 bridgehead atoms. The molecule has 7 heteroatoms. The van der Waals surface area contributed by atoms with Gasteiger partial charge < -0.3 is 9.88 Å². The lowest BCUT2D eigenvalue weighted by atomic mass is 9.83. The first-order chi connectivity index (χ1) is 15.0. The number of aryl methyl sites for hydroxylation is 1. The molecule has 2 N–H and O–H groups in total. The van der Waals surface area contributed by atoms with Gasteiger partial charge in [-0.3, -0.25) is 10.1 Å². The van der Waals surface area contributed by atoms with E-state index in [4.69, 9.17) is 17.2 Å². The van der Waals surface area contributed by atoms with E-state index in [-0.39, 0.29) is 16.9 Å². The minimum Gasteiger partial charge on any atom is -0.351 e. The molecular formula is C24H23N5OS. The fourth-order valence-electron chi connectivity index (χ4n) is 4.13. The van der Waals surface area contributed by atoms with E-state index >= 15 is 0 Å². The van der Waals surface area contributed by atoms with Gasteiger partial charge in [0.15, 0.2) is 10.9 Å². The predicted octanol–water partition coefficient (Wildman–Crippen LogP) is 4.53. The Labute approximate surface area is 186 Å². The van der Waals surface area contributed by atoms with E-state index in [2.05, 4.69) is 23.6 Å².